The summed E-state index contributed by atoms with van der Waals surface area (Å²) in [5.74, 6) is 0.0377. The van der Waals surface area contributed by atoms with Crippen LogP contribution in [0.1, 0.15) is 36.8 Å². The van der Waals surface area contributed by atoms with Gasteiger partial charge in [-0.3, -0.25) is 14.7 Å². The van der Waals surface area contributed by atoms with Crippen molar-refractivity contribution in [2.45, 2.75) is 32.9 Å². The van der Waals surface area contributed by atoms with Crippen LogP contribution in [0.4, 0.5) is 10.5 Å². The molecule has 0 atom stereocenters. The number of carbonyl (C=O) groups excluding carboxylic acids is 2. The maximum absolute atomic E-state index is 13.1. The fourth-order valence-corrected chi connectivity index (χ4v) is 4.94. The minimum absolute atomic E-state index is 0.218. The van der Waals surface area contributed by atoms with E-state index in [1.807, 2.05) is 87.5 Å². The molecule has 2 amide bonds. The molecule has 0 aliphatic carbocycles. The van der Waals surface area contributed by atoms with Crippen LogP contribution >= 0.6 is 0 Å². The smallest absolute Gasteiger partial charge is 0.410 e. The Bertz CT molecular complexity index is 1770. The van der Waals surface area contributed by atoms with E-state index in [1.54, 1.807) is 4.90 Å². The van der Waals surface area contributed by atoms with Gasteiger partial charge in [-0.1, -0.05) is 36.4 Å². The van der Waals surface area contributed by atoms with Gasteiger partial charge in [-0.05, 0) is 56.7 Å². The maximum atomic E-state index is 13.1. The zero-order valence-electron chi connectivity index (χ0n) is 23.8. The lowest BCUT2D eigenvalue weighted by Gasteiger charge is -2.35. The van der Waals surface area contributed by atoms with Crippen molar-refractivity contribution in [3.63, 3.8) is 0 Å². The molecule has 42 heavy (non-hydrogen) atoms. The number of oxazole rings is 1. The summed E-state index contributed by atoms with van der Waals surface area (Å²) in [6.07, 6.45) is 1.20. The molecule has 1 aliphatic rings. The second-order valence-electron chi connectivity index (χ2n) is 11.3. The molecule has 5 aromatic rings. The Morgan fingerprint density at radius 3 is 2.43 bits per heavy atom. The molecule has 0 spiro atoms. The fraction of sp³-hybridized carbons (Fsp3) is 0.281. The van der Waals surface area contributed by atoms with Crippen molar-refractivity contribution in [2.75, 3.05) is 31.5 Å². The summed E-state index contributed by atoms with van der Waals surface area (Å²) >= 11 is 0. The van der Waals surface area contributed by atoms with Crippen molar-refractivity contribution < 1.29 is 18.7 Å². The van der Waals surface area contributed by atoms with Gasteiger partial charge >= 0.3 is 6.09 Å². The predicted octanol–water partition coefficient (Wildman–Crippen LogP) is 5.74. The number of fused-ring (bicyclic) bond motifs is 2. The third-order valence-corrected chi connectivity index (χ3v) is 7.01. The molecular formula is C32H32N6O4. The highest BCUT2D eigenvalue weighted by Gasteiger charge is 2.26. The summed E-state index contributed by atoms with van der Waals surface area (Å²) in [6.45, 7) is 8.96. The van der Waals surface area contributed by atoms with Crippen molar-refractivity contribution in [1.29, 1.82) is 0 Å². The third kappa shape index (κ3) is 5.94. The first kappa shape index (κ1) is 27.3. The predicted molar refractivity (Wildman–Crippen MR) is 160 cm³/mol. The molecule has 0 unspecified atom stereocenters. The summed E-state index contributed by atoms with van der Waals surface area (Å²) in [6, 6.07) is 20.7. The second-order valence-corrected chi connectivity index (χ2v) is 11.3. The summed E-state index contributed by atoms with van der Waals surface area (Å²) < 4.78 is 11.7. The van der Waals surface area contributed by atoms with Crippen molar-refractivity contribution in [3.8, 4) is 11.5 Å². The molecule has 10 nitrogen and oxygen atoms in total. The highest BCUT2D eigenvalue weighted by atomic mass is 16.6. The minimum Gasteiger partial charge on any atom is -0.444 e. The van der Waals surface area contributed by atoms with Gasteiger partial charge < -0.3 is 19.4 Å². The van der Waals surface area contributed by atoms with Crippen LogP contribution < -0.4 is 5.32 Å². The van der Waals surface area contributed by atoms with Crippen LogP contribution in [-0.4, -0.2) is 68.5 Å². The lowest BCUT2D eigenvalue weighted by Crippen LogP contribution is -2.49. The monoisotopic (exact) mass is 564 g/mol. The lowest BCUT2D eigenvalue weighted by atomic mass is 10.1. The molecular weight excluding hydrogens is 532 g/mol. The topological polar surface area (TPSA) is 114 Å². The SMILES string of the molecule is CC(C)(C)OC(=O)N1CCN(Cc2cccc3oc(-c4ccccc4NC(=O)c4cnc5ccccc5n4)nc23)CC1. The molecule has 214 valence electrons. The van der Waals surface area contributed by atoms with Crippen LogP contribution in [0.5, 0.6) is 0 Å². The number of hydrogen-bond donors (Lipinski definition) is 1. The van der Waals surface area contributed by atoms with E-state index in [0.717, 1.165) is 29.7 Å². The van der Waals surface area contributed by atoms with Crippen molar-refractivity contribution in [1.82, 2.24) is 24.8 Å². The van der Waals surface area contributed by atoms with E-state index in [4.69, 9.17) is 14.1 Å². The number of anilines is 1. The number of hydrogen-bond acceptors (Lipinski definition) is 8. The van der Waals surface area contributed by atoms with Crippen molar-refractivity contribution in [2.24, 2.45) is 0 Å². The van der Waals surface area contributed by atoms with Gasteiger partial charge in [-0.2, -0.15) is 0 Å². The Balaban J connectivity index is 1.19. The van der Waals surface area contributed by atoms with Gasteiger partial charge in [0, 0.05) is 32.7 Å². The van der Waals surface area contributed by atoms with Crippen LogP contribution in [0.15, 0.2) is 77.3 Å². The molecule has 1 N–H and O–H groups in total. The van der Waals surface area contributed by atoms with Crippen LogP contribution in [0.25, 0.3) is 33.6 Å². The van der Waals surface area contributed by atoms with Gasteiger partial charge in [-0.25, -0.2) is 14.8 Å². The first-order valence-electron chi connectivity index (χ1n) is 13.9. The molecule has 3 heterocycles. The van der Waals surface area contributed by atoms with Crippen LogP contribution in [0, 0.1) is 0 Å². The number of nitrogens with zero attached hydrogens (tertiary/aromatic N) is 5. The van der Waals surface area contributed by atoms with Gasteiger partial charge in [0.15, 0.2) is 5.58 Å². The fourth-order valence-electron chi connectivity index (χ4n) is 4.94. The number of nitrogens with one attached hydrogen (secondary N) is 1. The van der Waals surface area contributed by atoms with E-state index in [9.17, 15) is 9.59 Å². The lowest BCUT2D eigenvalue weighted by molar-refractivity contribution is 0.0139. The number of rotatable bonds is 5. The number of amides is 2. The van der Waals surface area contributed by atoms with Crippen molar-refractivity contribution in [3.05, 3.63) is 84.2 Å². The molecule has 1 aliphatic heterocycles. The zero-order valence-corrected chi connectivity index (χ0v) is 23.8. The first-order chi connectivity index (χ1) is 20.2. The van der Waals surface area contributed by atoms with Gasteiger partial charge in [0.25, 0.3) is 5.91 Å². The molecule has 6 rings (SSSR count). The quantitative estimate of drug-likeness (QED) is 0.287. The van der Waals surface area contributed by atoms with E-state index < -0.39 is 5.60 Å². The highest BCUT2D eigenvalue weighted by Crippen LogP contribution is 2.32. The van der Waals surface area contributed by atoms with Gasteiger partial charge in [0.1, 0.15) is 16.8 Å². The van der Waals surface area contributed by atoms with Crippen LogP contribution in [0.2, 0.25) is 0 Å². The maximum Gasteiger partial charge on any atom is 0.410 e. The highest BCUT2D eigenvalue weighted by molar-refractivity contribution is 6.05. The molecule has 10 heteroatoms. The van der Waals surface area contributed by atoms with Crippen LogP contribution in [-0.2, 0) is 11.3 Å². The Labute approximate surface area is 243 Å². The second kappa shape index (κ2) is 11.2. The van der Waals surface area contributed by atoms with Crippen molar-refractivity contribution >= 4 is 39.8 Å². The summed E-state index contributed by atoms with van der Waals surface area (Å²) in [7, 11) is 0. The number of carbonyl (C=O) groups is 2. The standard InChI is InChI=1S/C32H32N6O4/c1-32(2,3)42-31(40)38-17-15-37(16-18-38)20-21-9-8-14-27-28(21)36-30(41-27)22-10-4-5-11-23(22)35-29(39)26-19-33-24-12-6-7-13-25(24)34-26/h4-14,19H,15-18,20H2,1-3H3,(H,35,39). The Kier molecular flexibility index (Phi) is 7.30. The van der Waals surface area contributed by atoms with Crippen LogP contribution in [0.3, 0.4) is 0 Å². The van der Waals surface area contributed by atoms with E-state index >= 15 is 0 Å². The average Bonchev–Trinajstić information content (AvgIpc) is 3.42. The number of aromatic nitrogens is 3. The van der Waals surface area contributed by atoms with Gasteiger partial charge in [-0.15, -0.1) is 0 Å². The normalized spacial score (nSPS) is 14.3. The van der Waals surface area contributed by atoms with Gasteiger partial charge in [0.05, 0.1) is 28.5 Å². The largest absolute Gasteiger partial charge is 0.444 e. The average molecular weight is 565 g/mol. The van der Waals surface area contributed by atoms with Gasteiger partial charge in [0.2, 0.25) is 5.89 Å². The summed E-state index contributed by atoms with van der Waals surface area (Å²) in [5, 5.41) is 2.95. The number of piperazine rings is 1. The molecule has 2 aromatic heterocycles. The number of benzene rings is 3. The molecule has 0 bridgehead atoms. The Hall–Kier alpha value is -4.83. The number of para-hydroxylation sites is 4. The molecule has 1 saturated heterocycles. The molecule has 0 saturated carbocycles. The zero-order chi connectivity index (χ0) is 29.3. The Morgan fingerprint density at radius 1 is 0.905 bits per heavy atom. The van der Waals surface area contributed by atoms with E-state index in [0.29, 0.717) is 47.9 Å². The Morgan fingerprint density at radius 2 is 1.64 bits per heavy atom. The number of ether oxygens (including phenoxy) is 1. The molecule has 3 aromatic carbocycles. The van der Waals surface area contributed by atoms with E-state index in [-0.39, 0.29) is 17.7 Å². The molecule has 0 radical (unpaired) electrons. The minimum atomic E-state index is -0.513. The van der Waals surface area contributed by atoms with E-state index in [2.05, 4.69) is 20.2 Å². The molecule has 1 fully saturated rings. The first-order valence-corrected chi connectivity index (χ1v) is 13.9. The third-order valence-electron chi connectivity index (χ3n) is 7.01. The summed E-state index contributed by atoms with van der Waals surface area (Å²) in [4.78, 5) is 43.3. The summed E-state index contributed by atoms with van der Waals surface area (Å²) in [5.41, 5.74) is 4.76. The van der Waals surface area contributed by atoms with E-state index in [1.165, 1.54) is 6.20 Å².